The molecule has 6 aliphatic carbocycles. The van der Waals surface area contributed by atoms with Gasteiger partial charge in [-0.05, 0) is 128 Å². The van der Waals surface area contributed by atoms with Crippen molar-refractivity contribution in [3.63, 3.8) is 0 Å². The zero-order valence-corrected chi connectivity index (χ0v) is 30.1. The van der Waals surface area contributed by atoms with E-state index in [-0.39, 0.29) is 53.2 Å². The Labute approximate surface area is 283 Å². The number of ether oxygens (including phenoxy) is 3. The summed E-state index contributed by atoms with van der Waals surface area (Å²) in [6.07, 6.45) is 13.2. The maximum absolute atomic E-state index is 12.9. The number of carbonyl (C=O) groups is 2. The van der Waals surface area contributed by atoms with E-state index in [1.54, 1.807) is 7.11 Å². The monoisotopic (exact) mass is 657 g/mol. The first-order valence-electron chi connectivity index (χ1n) is 19.2. The predicted molar refractivity (Wildman–Crippen MR) is 178 cm³/mol. The number of carboxylic acids is 1. The third-order valence-electron chi connectivity index (χ3n) is 16.4. The molecule has 7 aliphatic rings. The molecule has 0 aromatic rings. The third-order valence-corrected chi connectivity index (χ3v) is 16.4. The molecule has 1 saturated heterocycles. The lowest BCUT2D eigenvalue weighted by Crippen LogP contribution is -2.60. The molecule has 1 amide bonds. The van der Waals surface area contributed by atoms with Crippen molar-refractivity contribution in [3.8, 4) is 0 Å². The average molecular weight is 658 g/mol. The van der Waals surface area contributed by atoms with E-state index in [0.717, 1.165) is 25.7 Å². The summed E-state index contributed by atoms with van der Waals surface area (Å²) in [7, 11) is 1.71. The van der Waals surface area contributed by atoms with Crippen molar-refractivity contribution in [3.05, 3.63) is 0 Å². The molecule has 7 fully saturated rings. The van der Waals surface area contributed by atoms with E-state index in [0.29, 0.717) is 73.0 Å². The Bertz CT molecular complexity index is 1220. The molecule has 8 heteroatoms. The van der Waals surface area contributed by atoms with Gasteiger partial charge in [0, 0.05) is 31.9 Å². The van der Waals surface area contributed by atoms with Gasteiger partial charge < -0.3 is 29.3 Å². The van der Waals surface area contributed by atoms with Gasteiger partial charge in [-0.15, -0.1) is 0 Å². The summed E-state index contributed by atoms with van der Waals surface area (Å²) in [4.78, 5) is 26.1. The molecule has 1 aliphatic heterocycles. The SMILES string of the molecule is COC(CCC(=O)O)C[C@@H](C)C1C[C@H](O)[C@@]2(C)[C@@H]3CC[C@H]4C(C)(C)[C@@H](OC5CN(C(=O)CC6CC6)CCO5)CC[C@@]45CC35CC[C@]12C. The highest BCUT2D eigenvalue weighted by molar-refractivity contribution is 5.76. The van der Waals surface area contributed by atoms with Gasteiger partial charge in [0.1, 0.15) is 0 Å². The van der Waals surface area contributed by atoms with Crippen molar-refractivity contribution in [1.29, 1.82) is 0 Å². The van der Waals surface area contributed by atoms with E-state index in [9.17, 15) is 19.8 Å². The molecule has 6 saturated carbocycles. The van der Waals surface area contributed by atoms with Crippen LogP contribution in [0.3, 0.4) is 0 Å². The van der Waals surface area contributed by atoms with Gasteiger partial charge in [0.2, 0.25) is 5.91 Å². The minimum Gasteiger partial charge on any atom is -0.481 e. The number of amides is 1. The van der Waals surface area contributed by atoms with E-state index < -0.39 is 5.97 Å². The number of hydrogen-bond donors (Lipinski definition) is 2. The van der Waals surface area contributed by atoms with Crippen molar-refractivity contribution < 1.29 is 34.0 Å². The second-order valence-electron chi connectivity index (χ2n) is 18.5. The first-order chi connectivity index (χ1) is 22.2. The molecule has 0 aromatic heterocycles. The number of fused-ring (bicyclic) bond motifs is 2. The number of carbonyl (C=O) groups excluding carboxylic acids is 1. The minimum absolute atomic E-state index is 0.0223. The first kappa shape index (κ1) is 34.2. The number of aliphatic carboxylic acids is 1. The fourth-order valence-electron chi connectivity index (χ4n) is 13.5. The lowest BCUT2D eigenvalue weighted by atomic mass is 9.41. The number of aliphatic hydroxyl groups excluding tert-OH is 1. The van der Waals surface area contributed by atoms with Gasteiger partial charge in [0.15, 0.2) is 6.29 Å². The van der Waals surface area contributed by atoms with Crippen LogP contribution in [0.15, 0.2) is 0 Å². The van der Waals surface area contributed by atoms with Crippen LogP contribution in [0.5, 0.6) is 0 Å². The number of aliphatic hydroxyl groups is 1. The number of morpholine rings is 1. The number of methoxy groups -OCH3 is 1. The smallest absolute Gasteiger partial charge is 0.303 e. The van der Waals surface area contributed by atoms with E-state index in [2.05, 4.69) is 34.6 Å². The molecule has 47 heavy (non-hydrogen) atoms. The van der Waals surface area contributed by atoms with Crippen molar-refractivity contribution in [1.82, 2.24) is 4.90 Å². The summed E-state index contributed by atoms with van der Waals surface area (Å²) >= 11 is 0. The van der Waals surface area contributed by atoms with Gasteiger partial charge in [-0.3, -0.25) is 9.59 Å². The van der Waals surface area contributed by atoms with Gasteiger partial charge in [0.05, 0.1) is 31.5 Å². The van der Waals surface area contributed by atoms with Crippen LogP contribution >= 0.6 is 0 Å². The van der Waals surface area contributed by atoms with Crippen molar-refractivity contribution in [2.75, 3.05) is 26.8 Å². The minimum atomic E-state index is -0.768. The fraction of sp³-hybridized carbons (Fsp3) is 0.949. The van der Waals surface area contributed by atoms with E-state index in [1.807, 2.05) is 4.90 Å². The average Bonchev–Trinajstić information content (AvgIpc) is 3.95. The highest BCUT2D eigenvalue weighted by atomic mass is 16.7. The normalized spacial score (nSPS) is 46.4. The zero-order valence-electron chi connectivity index (χ0n) is 30.1. The Balaban J connectivity index is 1.04. The number of hydrogen-bond acceptors (Lipinski definition) is 6. The Hall–Kier alpha value is -1.22. The lowest BCUT2D eigenvalue weighted by Gasteiger charge is -2.64. The molecule has 7 rings (SSSR count). The second kappa shape index (κ2) is 11.9. The van der Waals surface area contributed by atoms with Crippen molar-refractivity contribution in [2.24, 2.45) is 56.7 Å². The summed E-state index contributed by atoms with van der Waals surface area (Å²) in [5, 5.41) is 21.3. The van der Waals surface area contributed by atoms with Crippen LogP contribution in [-0.4, -0.2) is 78.4 Å². The van der Waals surface area contributed by atoms with Crippen LogP contribution in [0.25, 0.3) is 0 Å². The molecule has 2 spiro atoms. The molecule has 2 N–H and O–H groups in total. The van der Waals surface area contributed by atoms with Crippen LogP contribution in [0, 0.1) is 56.7 Å². The highest BCUT2D eigenvalue weighted by Gasteiger charge is 2.83. The standard InChI is InChI=1S/C39H63NO7/c1-24(19-26(45-6)9-12-33(43)44)27-21-30(41)37(5)29-11-10-28-35(2,3)31(13-14-38(28)23-39(29,38)16-15-36(27,37)4)47-34-22-40(17-18-46-34)32(42)20-25-7-8-25/h24-31,34,41H,7-23H2,1-6H3,(H,43,44)/t24-,26?,27?,28+,29+,30+,31+,34?,36-,37-,38-,39?/m1/s1. The maximum Gasteiger partial charge on any atom is 0.303 e. The largest absolute Gasteiger partial charge is 0.481 e. The van der Waals surface area contributed by atoms with Crippen molar-refractivity contribution >= 4 is 11.9 Å². The van der Waals surface area contributed by atoms with E-state index >= 15 is 0 Å². The van der Waals surface area contributed by atoms with Gasteiger partial charge in [-0.1, -0.05) is 34.6 Å². The Kier molecular flexibility index (Phi) is 8.70. The number of rotatable bonds is 11. The lowest BCUT2D eigenvalue weighted by molar-refractivity contribution is -0.248. The second-order valence-corrected chi connectivity index (χ2v) is 18.5. The Morgan fingerprint density at radius 1 is 1.00 bits per heavy atom. The van der Waals surface area contributed by atoms with Gasteiger partial charge >= 0.3 is 5.97 Å². The highest BCUT2D eigenvalue weighted by Crippen LogP contribution is 2.89. The van der Waals surface area contributed by atoms with Gasteiger partial charge in [0.25, 0.3) is 0 Å². The molecule has 266 valence electrons. The topological polar surface area (TPSA) is 106 Å². The fourth-order valence-corrected chi connectivity index (χ4v) is 13.5. The molecule has 0 aromatic carbocycles. The van der Waals surface area contributed by atoms with E-state index in [1.165, 1.54) is 44.9 Å². The number of nitrogens with zero attached hydrogens (tertiary/aromatic N) is 1. The molecule has 12 atom stereocenters. The van der Waals surface area contributed by atoms with Crippen molar-refractivity contribution in [2.45, 2.75) is 149 Å². The summed E-state index contributed by atoms with van der Waals surface area (Å²) in [6.45, 7) is 14.0. The summed E-state index contributed by atoms with van der Waals surface area (Å²) in [5.74, 6) is 1.99. The summed E-state index contributed by atoms with van der Waals surface area (Å²) in [6, 6.07) is 0. The van der Waals surface area contributed by atoms with Gasteiger partial charge in [-0.25, -0.2) is 0 Å². The Morgan fingerprint density at radius 2 is 1.72 bits per heavy atom. The predicted octanol–water partition coefficient (Wildman–Crippen LogP) is 6.67. The molecule has 0 radical (unpaired) electrons. The summed E-state index contributed by atoms with van der Waals surface area (Å²) in [5.41, 5.74) is 0.612. The maximum atomic E-state index is 12.9. The van der Waals surface area contributed by atoms with Crippen LogP contribution in [0.1, 0.15) is 125 Å². The summed E-state index contributed by atoms with van der Waals surface area (Å²) < 4.78 is 18.7. The van der Waals surface area contributed by atoms with E-state index in [4.69, 9.17) is 14.2 Å². The van der Waals surface area contributed by atoms with Crippen LogP contribution < -0.4 is 0 Å². The quantitative estimate of drug-likeness (QED) is 0.256. The van der Waals surface area contributed by atoms with Crippen LogP contribution in [0.2, 0.25) is 0 Å². The molecule has 0 bridgehead atoms. The van der Waals surface area contributed by atoms with Crippen LogP contribution in [0.4, 0.5) is 0 Å². The molecular formula is C39H63NO7. The Morgan fingerprint density at radius 3 is 2.43 bits per heavy atom. The number of carboxylic acid groups (broad SMARTS) is 1. The first-order valence-corrected chi connectivity index (χ1v) is 19.2. The molecule has 4 unspecified atom stereocenters. The van der Waals surface area contributed by atoms with Gasteiger partial charge in [-0.2, -0.15) is 0 Å². The molecule has 8 nitrogen and oxygen atoms in total. The van der Waals surface area contributed by atoms with Crippen LogP contribution in [-0.2, 0) is 23.8 Å². The third kappa shape index (κ3) is 5.26. The zero-order chi connectivity index (χ0) is 33.6. The molecule has 1 heterocycles. The molecular weight excluding hydrogens is 594 g/mol.